The normalized spacial score (nSPS) is 15.4. The summed E-state index contributed by atoms with van der Waals surface area (Å²) in [6, 6.07) is 11.0. The molecule has 0 bridgehead atoms. The Hall–Kier alpha value is -2.61. The first kappa shape index (κ1) is 25.0. The largest absolute Gasteiger partial charge is 0.416 e. The van der Waals surface area contributed by atoms with Gasteiger partial charge in [-0.1, -0.05) is 50.1 Å². The zero-order valence-electron chi connectivity index (χ0n) is 18.9. The highest BCUT2D eigenvalue weighted by molar-refractivity contribution is 5.89. The molecule has 1 fully saturated rings. The summed E-state index contributed by atoms with van der Waals surface area (Å²) in [5.74, 6) is -1.05. The van der Waals surface area contributed by atoms with E-state index in [1.54, 1.807) is 4.90 Å². The predicted molar refractivity (Wildman–Crippen MR) is 121 cm³/mol. The van der Waals surface area contributed by atoms with E-state index in [2.05, 4.69) is 17.1 Å². The van der Waals surface area contributed by atoms with E-state index in [1.807, 2.05) is 30.3 Å². The molecule has 2 amide bonds. The molecular formula is C25H31F4N3O. The third-order valence-electron chi connectivity index (χ3n) is 6.01. The number of unbranched alkanes of at least 4 members (excludes halogenated alkanes) is 2. The van der Waals surface area contributed by atoms with Crippen LogP contribution in [0.15, 0.2) is 48.5 Å². The van der Waals surface area contributed by atoms with Crippen LogP contribution < -0.4 is 5.32 Å². The predicted octanol–water partition coefficient (Wildman–Crippen LogP) is 6.53. The molecule has 0 atom stereocenters. The topological polar surface area (TPSA) is 35.6 Å². The maximum atomic E-state index is 13.8. The first-order chi connectivity index (χ1) is 15.8. The average Bonchev–Trinajstić information content (AvgIpc) is 2.78. The molecular weight excluding hydrogens is 434 g/mol. The van der Waals surface area contributed by atoms with Gasteiger partial charge in [0.15, 0.2) is 0 Å². The number of alkyl halides is 3. The second-order valence-electron chi connectivity index (χ2n) is 8.55. The molecule has 0 radical (unpaired) electrons. The van der Waals surface area contributed by atoms with Gasteiger partial charge in [-0.15, -0.1) is 0 Å². The van der Waals surface area contributed by atoms with Gasteiger partial charge < -0.3 is 15.1 Å². The summed E-state index contributed by atoms with van der Waals surface area (Å²) in [7, 11) is 0. The molecule has 2 aromatic carbocycles. The van der Waals surface area contributed by atoms with Crippen molar-refractivity contribution in [2.75, 3.05) is 25.0 Å². The number of anilines is 1. The lowest BCUT2D eigenvalue weighted by atomic mass is 10.0. The van der Waals surface area contributed by atoms with Gasteiger partial charge in [-0.3, -0.25) is 0 Å². The number of urea groups is 1. The maximum Gasteiger partial charge on any atom is 0.416 e. The minimum Gasteiger partial charge on any atom is -0.317 e. The van der Waals surface area contributed by atoms with Crippen molar-refractivity contribution in [2.45, 2.75) is 57.8 Å². The maximum absolute atomic E-state index is 13.8. The van der Waals surface area contributed by atoms with Crippen LogP contribution in [0.5, 0.6) is 0 Å². The van der Waals surface area contributed by atoms with Crippen molar-refractivity contribution in [1.82, 2.24) is 9.80 Å². The van der Waals surface area contributed by atoms with E-state index in [0.717, 1.165) is 63.0 Å². The van der Waals surface area contributed by atoms with Gasteiger partial charge in [0.25, 0.3) is 0 Å². The number of piperidine rings is 1. The van der Waals surface area contributed by atoms with Crippen LogP contribution in [0.1, 0.15) is 50.2 Å². The van der Waals surface area contributed by atoms with Gasteiger partial charge >= 0.3 is 12.2 Å². The fourth-order valence-electron chi connectivity index (χ4n) is 4.21. The van der Waals surface area contributed by atoms with Crippen molar-refractivity contribution in [1.29, 1.82) is 0 Å². The number of nitrogens with one attached hydrogen (secondary N) is 1. The molecule has 0 spiro atoms. The van der Waals surface area contributed by atoms with E-state index >= 15 is 0 Å². The first-order valence-electron chi connectivity index (χ1n) is 11.5. The summed E-state index contributed by atoms with van der Waals surface area (Å²) in [4.78, 5) is 17.2. The Kier molecular flexibility index (Phi) is 8.72. The first-order valence-corrected chi connectivity index (χ1v) is 11.5. The number of rotatable bonds is 8. The fourth-order valence-corrected chi connectivity index (χ4v) is 4.21. The molecule has 1 saturated heterocycles. The SMILES string of the molecule is CCCCCN1CCC(N(Cc2ccccc2)C(=O)Nc2cc(F)cc(C(F)(F)F)c2)CC1. The van der Waals surface area contributed by atoms with Crippen LogP contribution in [-0.4, -0.2) is 41.5 Å². The van der Waals surface area contributed by atoms with E-state index in [-0.39, 0.29) is 11.7 Å². The standard InChI is InChI=1S/C25H31F4N3O/c1-2-3-7-12-31-13-10-23(11-14-31)32(18-19-8-5-4-6-9-19)24(33)30-22-16-20(25(27,28)29)15-21(26)17-22/h4-6,8-9,15-17,23H,2-3,7,10-14,18H2,1H3,(H,30,33). The number of amides is 2. The monoisotopic (exact) mass is 465 g/mol. The number of carbonyl (C=O) groups is 1. The molecule has 33 heavy (non-hydrogen) atoms. The fraction of sp³-hybridized carbons (Fsp3) is 0.480. The molecule has 180 valence electrons. The van der Waals surface area contributed by atoms with Crippen LogP contribution >= 0.6 is 0 Å². The van der Waals surface area contributed by atoms with Crippen molar-refractivity contribution in [3.63, 3.8) is 0 Å². The number of halogens is 4. The van der Waals surface area contributed by atoms with E-state index in [9.17, 15) is 22.4 Å². The molecule has 0 aromatic heterocycles. The Morgan fingerprint density at radius 2 is 1.79 bits per heavy atom. The van der Waals surface area contributed by atoms with Gasteiger partial charge in [0.2, 0.25) is 0 Å². The number of hydrogen-bond donors (Lipinski definition) is 1. The second-order valence-corrected chi connectivity index (χ2v) is 8.55. The summed E-state index contributed by atoms with van der Waals surface area (Å²) in [6.45, 7) is 5.27. The molecule has 1 N–H and O–H groups in total. The average molecular weight is 466 g/mol. The summed E-state index contributed by atoms with van der Waals surface area (Å²) in [5, 5.41) is 2.50. The lowest BCUT2D eigenvalue weighted by Gasteiger charge is -2.38. The van der Waals surface area contributed by atoms with Crippen LogP contribution in [0, 0.1) is 5.82 Å². The quantitative estimate of drug-likeness (QED) is 0.355. The highest BCUT2D eigenvalue weighted by Crippen LogP contribution is 2.32. The Bertz CT molecular complexity index is 896. The van der Waals surface area contributed by atoms with Gasteiger partial charge in [0.05, 0.1) is 5.56 Å². The van der Waals surface area contributed by atoms with Crippen molar-refractivity contribution < 1.29 is 22.4 Å². The highest BCUT2D eigenvalue weighted by atomic mass is 19.4. The number of benzene rings is 2. The third-order valence-corrected chi connectivity index (χ3v) is 6.01. The Morgan fingerprint density at radius 1 is 1.09 bits per heavy atom. The van der Waals surface area contributed by atoms with Crippen LogP contribution in [-0.2, 0) is 12.7 Å². The van der Waals surface area contributed by atoms with Gasteiger partial charge in [-0.05, 0) is 49.6 Å². The molecule has 1 aliphatic rings. The van der Waals surface area contributed by atoms with E-state index in [0.29, 0.717) is 12.6 Å². The van der Waals surface area contributed by atoms with E-state index in [1.165, 1.54) is 6.42 Å². The zero-order chi connectivity index (χ0) is 23.8. The summed E-state index contributed by atoms with van der Waals surface area (Å²) < 4.78 is 53.0. The van der Waals surface area contributed by atoms with Crippen molar-refractivity contribution >= 4 is 11.7 Å². The smallest absolute Gasteiger partial charge is 0.317 e. The van der Waals surface area contributed by atoms with Gasteiger partial charge in [-0.25, -0.2) is 9.18 Å². The van der Waals surface area contributed by atoms with Gasteiger partial charge in [0, 0.05) is 31.4 Å². The Balaban J connectivity index is 1.73. The van der Waals surface area contributed by atoms with Crippen LogP contribution in [0.25, 0.3) is 0 Å². The molecule has 4 nitrogen and oxygen atoms in total. The molecule has 2 aromatic rings. The molecule has 0 aliphatic carbocycles. The molecule has 1 aliphatic heterocycles. The zero-order valence-corrected chi connectivity index (χ0v) is 18.9. The van der Waals surface area contributed by atoms with Crippen molar-refractivity contribution in [2.24, 2.45) is 0 Å². The van der Waals surface area contributed by atoms with Gasteiger partial charge in [-0.2, -0.15) is 13.2 Å². The Morgan fingerprint density at radius 3 is 2.42 bits per heavy atom. The molecule has 3 rings (SSSR count). The molecule has 1 heterocycles. The molecule has 0 unspecified atom stereocenters. The number of carbonyl (C=O) groups excluding carboxylic acids is 1. The van der Waals surface area contributed by atoms with E-state index in [4.69, 9.17) is 0 Å². The lowest BCUT2D eigenvalue weighted by molar-refractivity contribution is -0.137. The minimum absolute atomic E-state index is 0.0525. The second kappa shape index (κ2) is 11.5. The highest BCUT2D eigenvalue weighted by Gasteiger charge is 2.32. The van der Waals surface area contributed by atoms with Crippen molar-refractivity contribution in [3.05, 3.63) is 65.5 Å². The van der Waals surface area contributed by atoms with Gasteiger partial charge in [0.1, 0.15) is 5.82 Å². The molecule has 0 saturated carbocycles. The summed E-state index contributed by atoms with van der Waals surface area (Å²) >= 11 is 0. The minimum atomic E-state index is -4.70. The summed E-state index contributed by atoms with van der Waals surface area (Å²) in [6.07, 6.45) is 0.368. The van der Waals surface area contributed by atoms with Crippen molar-refractivity contribution in [3.8, 4) is 0 Å². The van der Waals surface area contributed by atoms with Crippen LogP contribution in [0.2, 0.25) is 0 Å². The Labute approximate surface area is 192 Å². The number of nitrogens with zero attached hydrogens (tertiary/aromatic N) is 2. The van der Waals surface area contributed by atoms with Crippen LogP contribution in [0.3, 0.4) is 0 Å². The van der Waals surface area contributed by atoms with E-state index < -0.39 is 23.6 Å². The van der Waals surface area contributed by atoms with Crippen LogP contribution in [0.4, 0.5) is 28.0 Å². The number of hydrogen-bond acceptors (Lipinski definition) is 2. The molecule has 8 heteroatoms. The number of likely N-dealkylation sites (tertiary alicyclic amines) is 1. The lowest BCUT2D eigenvalue weighted by Crippen LogP contribution is -2.48. The summed E-state index contributed by atoms with van der Waals surface area (Å²) in [5.41, 5.74) is -0.413. The third kappa shape index (κ3) is 7.45.